The van der Waals surface area contributed by atoms with Crippen molar-refractivity contribution in [2.45, 2.75) is 52.0 Å². The average Bonchev–Trinajstić information content (AvgIpc) is 2.90. The molecule has 4 heteroatoms. The maximum absolute atomic E-state index is 4.21. The Morgan fingerprint density at radius 1 is 1.19 bits per heavy atom. The molecule has 21 heavy (non-hydrogen) atoms. The molecule has 1 N–H and O–H groups in total. The maximum Gasteiger partial charge on any atom is 0.165 e. The van der Waals surface area contributed by atoms with Gasteiger partial charge in [-0.2, -0.15) is 0 Å². The molecule has 1 unspecified atom stereocenters. The largest absolute Gasteiger partial charge is 0.382 e. The van der Waals surface area contributed by atoms with Crippen molar-refractivity contribution in [2.75, 3.05) is 5.32 Å². The lowest BCUT2D eigenvalue weighted by Gasteiger charge is -2.17. The number of unbranched alkanes of at least 4 members (excludes halogenated alkanes) is 3. The van der Waals surface area contributed by atoms with E-state index >= 15 is 0 Å². The van der Waals surface area contributed by atoms with Crippen LogP contribution < -0.4 is 5.32 Å². The van der Waals surface area contributed by atoms with Gasteiger partial charge in [0.2, 0.25) is 0 Å². The first-order valence-electron chi connectivity index (χ1n) is 7.92. The number of benzene rings is 1. The van der Waals surface area contributed by atoms with Crippen molar-refractivity contribution in [3.05, 3.63) is 30.6 Å². The number of hydrogen-bond acceptors (Lipinski definition) is 3. The highest BCUT2D eigenvalue weighted by Crippen LogP contribution is 2.26. The van der Waals surface area contributed by atoms with E-state index in [-0.39, 0.29) is 0 Å². The molecule has 0 bridgehead atoms. The predicted molar refractivity (Wildman–Crippen MR) is 88.3 cm³/mol. The molecule has 0 fully saturated rings. The highest BCUT2D eigenvalue weighted by atomic mass is 15.2. The van der Waals surface area contributed by atoms with Crippen molar-refractivity contribution in [3.8, 4) is 11.4 Å². The summed E-state index contributed by atoms with van der Waals surface area (Å²) in [5, 5.41) is 11.8. The summed E-state index contributed by atoms with van der Waals surface area (Å²) in [6.07, 6.45) is 8.17. The third-order valence-corrected chi connectivity index (χ3v) is 3.77. The van der Waals surface area contributed by atoms with Crippen LogP contribution in [0.5, 0.6) is 0 Å². The lowest BCUT2D eigenvalue weighted by atomic mass is 10.1. The van der Waals surface area contributed by atoms with Gasteiger partial charge < -0.3 is 9.88 Å². The number of anilines is 1. The van der Waals surface area contributed by atoms with Crippen molar-refractivity contribution < 1.29 is 0 Å². The minimum Gasteiger partial charge on any atom is -0.382 e. The van der Waals surface area contributed by atoms with Crippen molar-refractivity contribution in [1.82, 2.24) is 14.8 Å². The number of aryl methyl sites for hydroxylation is 1. The smallest absolute Gasteiger partial charge is 0.165 e. The Kier molecular flexibility index (Phi) is 5.78. The molecule has 2 rings (SSSR count). The minimum atomic E-state index is 0.469. The molecule has 0 amide bonds. The Labute approximate surface area is 127 Å². The van der Waals surface area contributed by atoms with E-state index in [0.717, 1.165) is 17.1 Å². The molecule has 0 aliphatic heterocycles. The van der Waals surface area contributed by atoms with Crippen LogP contribution in [0, 0.1) is 0 Å². The normalized spacial score (nSPS) is 12.3. The van der Waals surface area contributed by atoms with E-state index in [0.29, 0.717) is 6.04 Å². The van der Waals surface area contributed by atoms with Gasteiger partial charge in [0.25, 0.3) is 0 Å². The SMILES string of the molecule is CCCCCCC(C)Nc1ccccc1-c1nncn1C. The quantitative estimate of drug-likeness (QED) is 0.738. The van der Waals surface area contributed by atoms with Gasteiger partial charge in [-0.25, -0.2) is 0 Å². The molecule has 1 aromatic heterocycles. The number of para-hydroxylation sites is 1. The first-order valence-corrected chi connectivity index (χ1v) is 7.92. The van der Waals surface area contributed by atoms with E-state index in [9.17, 15) is 0 Å². The molecule has 0 radical (unpaired) electrons. The van der Waals surface area contributed by atoms with Gasteiger partial charge in [-0.1, -0.05) is 44.7 Å². The van der Waals surface area contributed by atoms with Crippen LogP contribution in [0.25, 0.3) is 11.4 Å². The molecule has 0 spiro atoms. The fourth-order valence-corrected chi connectivity index (χ4v) is 2.55. The van der Waals surface area contributed by atoms with Crippen molar-refractivity contribution >= 4 is 5.69 Å². The minimum absolute atomic E-state index is 0.469. The second kappa shape index (κ2) is 7.81. The molecule has 0 aliphatic carbocycles. The van der Waals surface area contributed by atoms with Gasteiger partial charge in [-0.05, 0) is 25.5 Å². The third-order valence-electron chi connectivity index (χ3n) is 3.77. The molecular weight excluding hydrogens is 260 g/mol. The Bertz CT molecular complexity index is 547. The van der Waals surface area contributed by atoms with Crippen LogP contribution in [0.1, 0.15) is 46.0 Å². The molecule has 2 aromatic rings. The second-order valence-corrected chi connectivity index (χ2v) is 5.71. The summed E-state index contributed by atoms with van der Waals surface area (Å²) in [5.41, 5.74) is 2.24. The zero-order valence-electron chi connectivity index (χ0n) is 13.3. The lowest BCUT2D eigenvalue weighted by Crippen LogP contribution is -2.15. The third kappa shape index (κ3) is 4.31. The molecule has 114 valence electrons. The van der Waals surface area contributed by atoms with Gasteiger partial charge in [0, 0.05) is 24.3 Å². The topological polar surface area (TPSA) is 42.7 Å². The van der Waals surface area contributed by atoms with Crippen LogP contribution in [-0.4, -0.2) is 20.8 Å². The molecule has 1 atom stereocenters. The number of nitrogens with zero attached hydrogens (tertiary/aromatic N) is 3. The van der Waals surface area contributed by atoms with Crippen molar-refractivity contribution in [2.24, 2.45) is 7.05 Å². The highest BCUT2D eigenvalue weighted by Gasteiger charge is 2.11. The highest BCUT2D eigenvalue weighted by molar-refractivity contribution is 5.73. The van der Waals surface area contributed by atoms with Gasteiger partial charge in [0.1, 0.15) is 6.33 Å². The zero-order valence-corrected chi connectivity index (χ0v) is 13.3. The Balaban J connectivity index is 2.02. The fourth-order valence-electron chi connectivity index (χ4n) is 2.55. The average molecular weight is 286 g/mol. The van der Waals surface area contributed by atoms with E-state index in [1.54, 1.807) is 6.33 Å². The van der Waals surface area contributed by atoms with Crippen molar-refractivity contribution in [1.29, 1.82) is 0 Å². The maximum atomic E-state index is 4.21. The van der Waals surface area contributed by atoms with E-state index in [4.69, 9.17) is 0 Å². The molecule has 1 aromatic carbocycles. The van der Waals surface area contributed by atoms with Gasteiger partial charge >= 0.3 is 0 Å². The zero-order chi connectivity index (χ0) is 15.1. The summed E-state index contributed by atoms with van der Waals surface area (Å²) < 4.78 is 1.95. The predicted octanol–water partition coefficient (Wildman–Crippen LogP) is 4.25. The molecule has 0 aliphatic rings. The standard InChI is InChI=1S/C17H26N4/c1-4-5-6-7-10-14(2)19-16-12-9-8-11-15(16)17-20-18-13-21(17)3/h8-9,11-14,19H,4-7,10H2,1-3H3. The number of nitrogens with one attached hydrogen (secondary N) is 1. The number of rotatable bonds is 8. The van der Waals surface area contributed by atoms with Crippen LogP contribution in [0.3, 0.4) is 0 Å². The number of hydrogen-bond donors (Lipinski definition) is 1. The Morgan fingerprint density at radius 2 is 2.00 bits per heavy atom. The number of aromatic nitrogens is 3. The van der Waals surface area contributed by atoms with E-state index < -0.39 is 0 Å². The van der Waals surface area contributed by atoms with E-state index in [1.165, 1.54) is 32.1 Å². The summed E-state index contributed by atoms with van der Waals surface area (Å²) in [7, 11) is 1.97. The monoisotopic (exact) mass is 286 g/mol. The fraction of sp³-hybridized carbons (Fsp3) is 0.529. The molecule has 0 saturated carbocycles. The Morgan fingerprint density at radius 3 is 2.71 bits per heavy atom. The van der Waals surface area contributed by atoms with Gasteiger partial charge in [-0.3, -0.25) is 0 Å². The van der Waals surface area contributed by atoms with E-state index in [2.05, 4.69) is 47.6 Å². The van der Waals surface area contributed by atoms with Gasteiger partial charge in [-0.15, -0.1) is 10.2 Å². The van der Waals surface area contributed by atoms with Crippen molar-refractivity contribution in [3.63, 3.8) is 0 Å². The molecular formula is C17H26N4. The van der Waals surface area contributed by atoms with Crippen LogP contribution in [0.15, 0.2) is 30.6 Å². The van der Waals surface area contributed by atoms with Crippen LogP contribution in [-0.2, 0) is 7.05 Å². The first-order chi connectivity index (χ1) is 10.2. The van der Waals surface area contributed by atoms with Gasteiger partial charge in [0.15, 0.2) is 5.82 Å². The summed E-state index contributed by atoms with van der Waals surface area (Å²) in [6, 6.07) is 8.78. The van der Waals surface area contributed by atoms with E-state index in [1.807, 2.05) is 17.7 Å². The summed E-state index contributed by atoms with van der Waals surface area (Å²) in [5.74, 6) is 0.899. The van der Waals surface area contributed by atoms with Crippen LogP contribution >= 0.6 is 0 Å². The van der Waals surface area contributed by atoms with Crippen LogP contribution in [0.4, 0.5) is 5.69 Å². The molecule has 1 heterocycles. The Hall–Kier alpha value is -1.84. The first kappa shape index (κ1) is 15.5. The van der Waals surface area contributed by atoms with Crippen LogP contribution in [0.2, 0.25) is 0 Å². The second-order valence-electron chi connectivity index (χ2n) is 5.71. The lowest BCUT2D eigenvalue weighted by molar-refractivity contribution is 0.594. The summed E-state index contributed by atoms with van der Waals surface area (Å²) >= 11 is 0. The summed E-state index contributed by atoms with van der Waals surface area (Å²) in [6.45, 7) is 4.50. The summed E-state index contributed by atoms with van der Waals surface area (Å²) in [4.78, 5) is 0. The molecule has 4 nitrogen and oxygen atoms in total. The van der Waals surface area contributed by atoms with Gasteiger partial charge in [0.05, 0.1) is 0 Å². The molecule has 0 saturated heterocycles.